The monoisotopic (exact) mass is 454 g/mol. The first-order valence-electron chi connectivity index (χ1n) is 9.05. The van der Waals surface area contributed by atoms with Crippen LogP contribution < -0.4 is 10.1 Å². The quantitative estimate of drug-likeness (QED) is 0.582. The predicted molar refractivity (Wildman–Crippen MR) is 120 cm³/mol. The van der Waals surface area contributed by atoms with E-state index in [-0.39, 0.29) is 18.4 Å². The molecule has 2 aromatic rings. The molecule has 156 valence electrons. The van der Waals surface area contributed by atoms with Crippen LogP contribution in [0.2, 0.25) is 10.0 Å². The number of hydrogen-bond donors (Lipinski definition) is 1. The average Bonchev–Trinajstić information content (AvgIpc) is 2.71. The molecule has 5 nitrogen and oxygen atoms in total. The van der Waals surface area contributed by atoms with Gasteiger partial charge in [0.1, 0.15) is 11.8 Å². The Morgan fingerprint density at radius 2 is 1.90 bits per heavy atom. The molecule has 0 spiro atoms. The molecule has 0 saturated carbocycles. The molecule has 2 rings (SSSR count). The van der Waals surface area contributed by atoms with Crippen LogP contribution in [-0.2, 0) is 16.1 Å². The highest BCUT2D eigenvalue weighted by molar-refractivity contribution is 7.98. The van der Waals surface area contributed by atoms with Gasteiger partial charge >= 0.3 is 0 Å². The number of thioether (sulfide) groups is 1. The number of amides is 2. The Morgan fingerprint density at radius 3 is 2.55 bits per heavy atom. The first-order chi connectivity index (χ1) is 13.9. The van der Waals surface area contributed by atoms with E-state index in [4.69, 9.17) is 27.9 Å². The third-order valence-corrected chi connectivity index (χ3v) is 5.39. The smallest absolute Gasteiger partial charge is 0.258 e. The van der Waals surface area contributed by atoms with Gasteiger partial charge in [0.15, 0.2) is 6.61 Å². The lowest BCUT2D eigenvalue weighted by Crippen LogP contribution is -2.48. The zero-order valence-electron chi connectivity index (χ0n) is 16.4. The summed E-state index contributed by atoms with van der Waals surface area (Å²) in [6, 6.07) is 13.6. The lowest BCUT2D eigenvalue weighted by molar-refractivity contribution is -0.136. The van der Waals surface area contributed by atoms with Crippen LogP contribution in [-0.4, -0.2) is 48.4 Å². The molecule has 0 aliphatic carbocycles. The Bertz CT molecular complexity index is 821. The molecule has 0 bridgehead atoms. The van der Waals surface area contributed by atoms with Gasteiger partial charge in [0.2, 0.25) is 5.91 Å². The molecule has 0 aliphatic rings. The Kier molecular flexibility index (Phi) is 9.64. The van der Waals surface area contributed by atoms with Crippen LogP contribution in [0, 0.1) is 0 Å². The van der Waals surface area contributed by atoms with Gasteiger partial charge in [-0.1, -0.05) is 47.5 Å². The summed E-state index contributed by atoms with van der Waals surface area (Å²) in [5.74, 6) is 0.819. The number of carbonyl (C=O) groups excluding carboxylic acids is 2. The second kappa shape index (κ2) is 12.0. The second-order valence-electron chi connectivity index (χ2n) is 6.43. The number of nitrogens with zero attached hydrogens (tertiary/aromatic N) is 1. The number of ether oxygens (including phenoxy) is 1. The Morgan fingerprint density at radius 1 is 1.17 bits per heavy atom. The van der Waals surface area contributed by atoms with E-state index < -0.39 is 6.04 Å². The third kappa shape index (κ3) is 7.80. The van der Waals surface area contributed by atoms with Crippen molar-refractivity contribution in [2.75, 3.05) is 25.7 Å². The van der Waals surface area contributed by atoms with Gasteiger partial charge in [-0.3, -0.25) is 9.59 Å². The highest BCUT2D eigenvalue weighted by Gasteiger charge is 2.24. The van der Waals surface area contributed by atoms with Crippen molar-refractivity contribution in [1.82, 2.24) is 10.2 Å². The minimum Gasteiger partial charge on any atom is -0.484 e. The fourth-order valence-corrected chi connectivity index (χ4v) is 3.58. The molecule has 0 saturated heterocycles. The minimum absolute atomic E-state index is 0.153. The number of benzene rings is 2. The van der Waals surface area contributed by atoms with Crippen molar-refractivity contribution in [1.29, 1.82) is 0 Å². The van der Waals surface area contributed by atoms with E-state index in [0.29, 0.717) is 28.8 Å². The van der Waals surface area contributed by atoms with Gasteiger partial charge in [0, 0.05) is 23.6 Å². The number of nitrogens with one attached hydrogen (secondary N) is 1. The van der Waals surface area contributed by atoms with Crippen molar-refractivity contribution in [2.45, 2.75) is 19.0 Å². The molecule has 0 heterocycles. The molecule has 0 unspecified atom stereocenters. The largest absolute Gasteiger partial charge is 0.484 e. The van der Waals surface area contributed by atoms with Gasteiger partial charge < -0.3 is 15.0 Å². The van der Waals surface area contributed by atoms with Crippen molar-refractivity contribution in [3.05, 3.63) is 64.1 Å². The fourth-order valence-electron chi connectivity index (χ4n) is 2.64. The molecule has 0 radical (unpaired) electrons. The van der Waals surface area contributed by atoms with Crippen LogP contribution in [0.4, 0.5) is 0 Å². The van der Waals surface area contributed by atoms with Crippen molar-refractivity contribution >= 4 is 46.8 Å². The van der Waals surface area contributed by atoms with E-state index in [1.165, 1.54) is 0 Å². The number of halogens is 2. The van der Waals surface area contributed by atoms with Crippen molar-refractivity contribution in [2.24, 2.45) is 0 Å². The lowest BCUT2D eigenvalue weighted by atomic mass is 10.1. The SMILES string of the molecule is CSCC[C@@H](NC(=O)COc1ccccc1)C(=O)N(C)Cc1ccc(Cl)cc1Cl. The molecule has 1 N–H and O–H groups in total. The summed E-state index contributed by atoms with van der Waals surface area (Å²) in [6.45, 7) is 0.167. The van der Waals surface area contributed by atoms with Crippen LogP contribution >= 0.6 is 35.0 Å². The van der Waals surface area contributed by atoms with Gasteiger partial charge in [-0.15, -0.1) is 0 Å². The van der Waals surface area contributed by atoms with Crippen LogP contribution in [0.15, 0.2) is 48.5 Å². The molecule has 1 atom stereocenters. The van der Waals surface area contributed by atoms with E-state index >= 15 is 0 Å². The van der Waals surface area contributed by atoms with Crippen LogP contribution in [0.25, 0.3) is 0 Å². The fraction of sp³-hybridized carbons (Fsp3) is 0.333. The summed E-state index contributed by atoms with van der Waals surface area (Å²) >= 11 is 13.8. The number of rotatable bonds is 10. The normalized spacial score (nSPS) is 11.6. The standard InChI is InChI=1S/C21H24Cl2N2O3S/c1-25(13-15-8-9-16(22)12-18(15)23)21(27)19(10-11-29-2)24-20(26)14-28-17-6-4-3-5-7-17/h3-9,12,19H,10-11,13-14H2,1-2H3,(H,24,26)/t19-/m1/s1. The zero-order chi connectivity index (χ0) is 21.2. The molecule has 8 heteroatoms. The number of hydrogen-bond acceptors (Lipinski definition) is 4. The minimum atomic E-state index is -0.634. The van der Waals surface area contributed by atoms with Gasteiger partial charge in [-0.2, -0.15) is 11.8 Å². The third-order valence-electron chi connectivity index (χ3n) is 4.16. The first kappa shape index (κ1) is 23.4. The van der Waals surface area contributed by atoms with Crippen LogP contribution in [0.5, 0.6) is 5.75 Å². The zero-order valence-corrected chi connectivity index (χ0v) is 18.7. The summed E-state index contributed by atoms with van der Waals surface area (Å²) < 4.78 is 5.46. The summed E-state index contributed by atoms with van der Waals surface area (Å²) in [7, 11) is 1.69. The highest BCUT2D eigenvalue weighted by atomic mass is 35.5. The topological polar surface area (TPSA) is 58.6 Å². The van der Waals surface area contributed by atoms with Gasteiger partial charge in [-0.25, -0.2) is 0 Å². The molecule has 29 heavy (non-hydrogen) atoms. The highest BCUT2D eigenvalue weighted by Crippen LogP contribution is 2.22. The maximum absolute atomic E-state index is 12.9. The average molecular weight is 455 g/mol. The van der Waals surface area contributed by atoms with E-state index in [9.17, 15) is 9.59 Å². The molecule has 0 fully saturated rings. The molecular formula is C21H24Cl2N2O3S. The summed E-state index contributed by atoms with van der Waals surface area (Å²) in [6.07, 6.45) is 2.48. The molecule has 0 aromatic heterocycles. The van der Waals surface area contributed by atoms with E-state index in [0.717, 1.165) is 11.3 Å². The number of para-hydroxylation sites is 1. The molecule has 2 aromatic carbocycles. The number of likely N-dealkylation sites (N-methyl/N-ethyl adjacent to an activating group) is 1. The first-order valence-corrected chi connectivity index (χ1v) is 11.2. The summed E-state index contributed by atoms with van der Waals surface area (Å²) in [4.78, 5) is 26.8. The molecule has 2 amide bonds. The number of carbonyl (C=O) groups is 2. The van der Waals surface area contributed by atoms with E-state index in [1.807, 2.05) is 24.5 Å². The predicted octanol–water partition coefficient (Wildman–Crippen LogP) is 4.27. The Balaban J connectivity index is 1.97. The van der Waals surface area contributed by atoms with Gasteiger partial charge in [0.05, 0.1) is 0 Å². The van der Waals surface area contributed by atoms with Gasteiger partial charge in [0.25, 0.3) is 5.91 Å². The molecule has 0 aliphatic heterocycles. The maximum atomic E-state index is 12.9. The molecular weight excluding hydrogens is 431 g/mol. The Hall–Kier alpha value is -1.89. The lowest BCUT2D eigenvalue weighted by Gasteiger charge is -2.25. The van der Waals surface area contributed by atoms with Gasteiger partial charge in [-0.05, 0) is 48.3 Å². The van der Waals surface area contributed by atoms with Crippen molar-refractivity contribution < 1.29 is 14.3 Å². The summed E-state index contributed by atoms with van der Waals surface area (Å²) in [5, 5.41) is 3.83. The van der Waals surface area contributed by atoms with Crippen LogP contribution in [0.1, 0.15) is 12.0 Å². The maximum Gasteiger partial charge on any atom is 0.258 e. The Labute approximate surface area is 185 Å². The second-order valence-corrected chi connectivity index (χ2v) is 8.26. The van der Waals surface area contributed by atoms with E-state index in [2.05, 4.69) is 5.32 Å². The summed E-state index contributed by atoms with van der Waals surface area (Å²) in [5.41, 5.74) is 0.786. The van der Waals surface area contributed by atoms with Crippen molar-refractivity contribution in [3.63, 3.8) is 0 Å². The van der Waals surface area contributed by atoms with Crippen LogP contribution in [0.3, 0.4) is 0 Å². The van der Waals surface area contributed by atoms with Crippen molar-refractivity contribution in [3.8, 4) is 5.75 Å². The van der Waals surface area contributed by atoms with E-state index in [1.54, 1.807) is 54.0 Å².